The predicted octanol–water partition coefficient (Wildman–Crippen LogP) is 4.32. The van der Waals surface area contributed by atoms with Gasteiger partial charge in [-0.05, 0) is 42.3 Å². The second-order valence-electron chi connectivity index (χ2n) is 7.72. The number of carbonyl (C=O) groups excluding carboxylic acids is 2. The van der Waals surface area contributed by atoms with Crippen LogP contribution in [0.5, 0.6) is 0 Å². The normalized spacial score (nSPS) is 10.5. The number of carbonyl (C=O) groups is 2. The third kappa shape index (κ3) is 7.72. The number of rotatable bonds is 10. The molecule has 0 saturated carbocycles. The summed E-state index contributed by atoms with van der Waals surface area (Å²) < 4.78 is 1.73. The van der Waals surface area contributed by atoms with Crippen molar-refractivity contribution in [1.82, 2.24) is 25.6 Å². The number of hydrogen-bond acceptors (Lipinski definition) is 5. The molecule has 8 nitrogen and oxygen atoms in total. The highest BCUT2D eigenvalue weighted by atomic mass is 32.2. The summed E-state index contributed by atoms with van der Waals surface area (Å²) in [6.07, 6.45) is 2.55. The van der Waals surface area contributed by atoms with Crippen LogP contribution in [-0.4, -0.2) is 33.5 Å². The molecular formula is C26H26N6O2S. The van der Waals surface area contributed by atoms with Gasteiger partial charge in [-0.1, -0.05) is 59.8 Å². The Morgan fingerprint density at radius 3 is 2.46 bits per heavy atom. The zero-order chi connectivity index (χ0) is 24.3. The van der Waals surface area contributed by atoms with Gasteiger partial charge in [0.2, 0.25) is 0 Å². The number of hydrogen-bond donors (Lipinski definition) is 3. The van der Waals surface area contributed by atoms with Crippen LogP contribution in [-0.2, 0) is 18.8 Å². The van der Waals surface area contributed by atoms with Crippen molar-refractivity contribution in [3.63, 3.8) is 0 Å². The van der Waals surface area contributed by atoms with Crippen molar-refractivity contribution in [2.24, 2.45) is 0 Å². The van der Waals surface area contributed by atoms with Crippen LogP contribution in [0.2, 0.25) is 0 Å². The Bertz CT molecular complexity index is 1250. The monoisotopic (exact) mass is 486 g/mol. The molecule has 3 N–H and O–H groups in total. The Morgan fingerprint density at radius 1 is 0.886 bits per heavy atom. The highest BCUT2D eigenvalue weighted by molar-refractivity contribution is 7.98. The Labute approximate surface area is 208 Å². The van der Waals surface area contributed by atoms with Crippen LogP contribution in [0.3, 0.4) is 0 Å². The lowest BCUT2D eigenvalue weighted by molar-refractivity contribution is 0.0954. The predicted molar refractivity (Wildman–Crippen MR) is 137 cm³/mol. The first-order valence-electron chi connectivity index (χ1n) is 11.2. The molecule has 4 aromatic rings. The molecule has 0 saturated heterocycles. The fraction of sp³-hybridized carbons (Fsp3) is 0.154. The van der Waals surface area contributed by atoms with E-state index in [2.05, 4.69) is 26.3 Å². The van der Waals surface area contributed by atoms with E-state index in [9.17, 15) is 9.59 Å². The molecule has 0 bridgehead atoms. The van der Waals surface area contributed by atoms with Crippen molar-refractivity contribution < 1.29 is 9.59 Å². The van der Waals surface area contributed by atoms with E-state index >= 15 is 0 Å². The molecule has 3 amide bonds. The molecule has 35 heavy (non-hydrogen) atoms. The Hall–Kier alpha value is -4.11. The standard InChI is InChI=1S/C26H26N6O2S/c33-25(27-15-14-20-8-3-1-4-9-20)21-10-7-11-22(16-21)29-26(34)28-17-23-18-32(31-30-23)19-35-24-12-5-2-6-13-24/h1-13,16,18H,14-15,17,19H2,(H,27,33)(H2,28,29,34). The van der Waals surface area contributed by atoms with Crippen LogP contribution in [0, 0.1) is 0 Å². The smallest absolute Gasteiger partial charge is 0.319 e. The van der Waals surface area contributed by atoms with Gasteiger partial charge in [-0.2, -0.15) is 0 Å². The number of aromatic nitrogens is 3. The molecule has 1 heterocycles. The Morgan fingerprint density at radius 2 is 1.66 bits per heavy atom. The highest BCUT2D eigenvalue weighted by Gasteiger charge is 2.09. The van der Waals surface area contributed by atoms with Gasteiger partial charge in [-0.15, -0.1) is 16.9 Å². The summed E-state index contributed by atoms with van der Waals surface area (Å²) in [5, 5.41) is 16.6. The molecule has 0 aliphatic rings. The molecule has 0 fully saturated rings. The maximum absolute atomic E-state index is 12.5. The summed E-state index contributed by atoms with van der Waals surface area (Å²) in [5.41, 5.74) is 2.83. The van der Waals surface area contributed by atoms with Crippen LogP contribution >= 0.6 is 11.8 Å². The SMILES string of the molecule is O=C(NCc1cn(CSc2ccccc2)nn1)Nc1cccc(C(=O)NCCc2ccccc2)c1. The van der Waals surface area contributed by atoms with Gasteiger partial charge < -0.3 is 16.0 Å². The summed E-state index contributed by atoms with van der Waals surface area (Å²) in [4.78, 5) is 25.9. The van der Waals surface area contributed by atoms with Crippen LogP contribution < -0.4 is 16.0 Å². The zero-order valence-electron chi connectivity index (χ0n) is 19.1. The van der Waals surface area contributed by atoms with E-state index < -0.39 is 0 Å². The summed E-state index contributed by atoms with van der Waals surface area (Å²) in [5.74, 6) is 0.443. The Balaban J connectivity index is 1.21. The molecule has 0 spiro atoms. The first-order valence-corrected chi connectivity index (χ1v) is 12.2. The molecular weight excluding hydrogens is 460 g/mol. The van der Waals surface area contributed by atoms with Gasteiger partial charge in [0.25, 0.3) is 5.91 Å². The molecule has 3 aromatic carbocycles. The third-order valence-electron chi connectivity index (χ3n) is 5.05. The van der Waals surface area contributed by atoms with Crippen molar-refractivity contribution in [2.75, 3.05) is 11.9 Å². The number of nitrogens with zero attached hydrogens (tertiary/aromatic N) is 3. The molecule has 0 aliphatic carbocycles. The first kappa shape index (κ1) is 24.0. The number of urea groups is 1. The van der Waals surface area contributed by atoms with Gasteiger partial charge in [-0.3, -0.25) is 4.79 Å². The molecule has 1 aromatic heterocycles. The highest BCUT2D eigenvalue weighted by Crippen LogP contribution is 2.18. The van der Waals surface area contributed by atoms with Crippen molar-refractivity contribution in [1.29, 1.82) is 0 Å². The number of thioether (sulfide) groups is 1. The summed E-state index contributed by atoms with van der Waals surface area (Å²) >= 11 is 1.65. The minimum absolute atomic E-state index is 0.185. The second kappa shape index (κ2) is 12.4. The quantitative estimate of drug-likeness (QED) is 0.290. The van der Waals surface area contributed by atoms with Gasteiger partial charge in [0, 0.05) is 22.7 Å². The van der Waals surface area contributed by atoms with E-state index in [1.807, 2.05) is 60.7 Å². The number of anilines is 1. The molecule has 0 aliphatic heterocycles. The van der Waals surface area contributed by atoms with Crippen molar-refractivity contribution >= 4 is 29.4 Å². The summed E-state index contributed by atoms with van der Waals surface area (Å²) in [7, 11) is 0. The van der Waals surface area contributed by atoms with Gasteiger partial charge in [0.15, 0.2) is 0 Å². The van der Waals surface area contributed by atoms with E-state index in [1.54, 1.807) is 46.9 Å². The molecule has 0 radical (unpaired) electrons. The average molecular weight is 487 g/mol. The maximum atomic E-state index is 12.5. The van der Waals surface area contributed by atoms with E-state index in [0.717, 1.165) is 16.9 Å². The molecule has 178 valence electrons. The van der Waals surface area contributed by atoms with Crippen LogP contribution in [0.15, 0.2) is 96.0 Å². The zero-order valence-corrected chi connectivity index (χ0v) is 19.9. The number of nitrogens with one attached hydrogen (secondary N) is 3. The average Bonchev–Trinajstić information content (AvgIpc) is 3.35. The third-order valence-corrected chi connectivity index (χ3v) is 6.05. The fourth-order valence-corrected chi connectivity index (χ4v) is 4.05. The van der Waals surface area contributed by atoms with Crippen molar-refractivity contribution in [3.8, 4) is 0 Å². The van der Waals surface area contributed by atoms with Gasteiger partial charge in [-0.25, -0.2) is 9.48 Å². The Kier molecular flexibility index (Phi) is 8.50. The van der Waals surface area contributed by atoms with Gasteiger partial charge in [0.05, 0.1) is 18.6 Å². The lowest BCUT2D eigenvalue weighted by atomic mass is 10.1. The number of amides is 3. The first-order chi connectivity index (χ1) is 17.2. The van der Waals surface area contributed by atoms with Crippen LogP contribution in [0.25, 0.3) is 0 Å². The molecule has 4 rings (SSSR count). The lowest BCUT2D eigenvalue weighted by Gasteiger charge is -2.09. The van der Waals surface area contributed by atoms with E-state index in [0.29, 0.717) is 29.4 Å². The second-order valence-corrected chi connectivity index (χ2v) is 8.73. The van der Waals surface area contributed by atoms with Crippen LogP contribution in [0.4, 0.5) is 10.5 Å². The maximum Gasteiger partial charge on any atom is 0.319 e. The van der Waals surface area contributed by atoms with E-state index in [-0.39, 0.29) is 18.5 Å². The van der Waals surface area contributed by atoms with Crippen molar-refractivity contribution in [3.05, 3.63) is 108 Å². The minimum Gasteiger partial charge on any atom is -0.352 e. The molecule has 0 unspecified atom stereocenters. The van der Waals surface area contributed by atoms with Crippen LogP contribution in [0.1, 0.15) is 21.6 Å². The largest absolute Gasteiger partial charge is 0.352 e. The fourth-order valence-electron chi connectivity index (χ4n) is 3.29. The minimum atomic E-state index is -0.389. The number of benzene rings is 3. The topological polar surface area (TPSA) is 101 Å². The summed E-state index contributed by atoms with van der Waals surface area (Å²) in [6, 6.07) is 26.5. The molecule has 9 heteroatoms. The summed E-state index contributed by atoms with van der Waals surface area (Å²) in [6.45, 7) is 0.771. The van der Waals surface area contributed by atoms with Gasteiger partial charge >= 0.3 is 6.03 Å². The van der Waals surface area contributed by atoms with E-state index in [4.69, 9.17) is 0 Å². The van der Waals surface area contributed by atoms with Crippen molar-refractivity contribution in [2.45, 2.75) is 23.7 Å². The molecule has 0 atom stereocenters. The lowest BCUT2D eigenvalue weighted by Crippen LogP contribution is -2.29. The van der Waals surface area contributed by atoms with E-state index in [1.165, 1.54) is 0 Å². The van der Waals surface area contributed by atoms with Gasteiger partial charge in [0.1, 0.15) is 5.69 Å².